The summed E-state index contributed by atoms with van der Waals surface area (Å²) in [6.45, 7) is 4.62. The number of halogens is 1. The largest absolute Gasteiger partial charge is 0.336 e. The van der Waals surface area contributed by atoms with E-state index in [1.165, 1.54) is 17.7 Å². The van der Waals surface area contributed by atoms with Crippen LogP contribution in [0.1, 0.15) is 28.1 Å². The first-order valence-electron chi connectivity index (χ1n) is 11.4. The molecule has 2 aliphatic rings. The number of carbonyl (C=O) groups is 3. The smallest absolute Gasteiger partial charge is 0.294 e. The molecule has 0 atom stereocenters. The molecule has 0 radical (unpaired) electrons. The van der Waals surface area contributed by atoms with Crippen LogP contribution in [0.25, 0.3) is 11.8 Å². The van der Waals surface area contributed by atoms with Crippen LogP contribution < -0.4 is 0 Å². The van der Waals surface area contributed by atoms with E-state index in [9.17, 15) is 18.8 Å². The first-order valence-corrected chi connectivity index (χ1v) is 12.2. The minimum Gasteiger partial charge on any atom is -0.336 e. The molecule has 3 heterocycles. The Bertz CT molecular complexity index is 1380. The van der Waals surface area contributed by atoms with Gasteiger partial charge >= 0.3 is 0 Å². The van der Waals surface area contributed by atoms with E-state index in [4.69, 9.17) is 0 Å². The molecule has 8 heteroatoms. The average molecular weight is 490 g/mol. The van der Waals surface area contributed by atoms with Crippen molar-refractivity contribution in [2.24, 2.45) is 0 Å². The summed E-state index contributed by atoms with van der Waals surface area (Å²) in [6, 6.07) is 16.1. The summed E-state index contributed by atoms with van der Waals surface area (Å²) in [7, 11) is 0. The van der Waals surface area contributed by atoms with Crippen LogP contribution in [0.3, 0.4) is 0 Å². The SMILES string of the molecule is Cc1cc(C=C2SC(=O)N(CC(=O)N3CCc4ccccc4C3)C2=O)c(C)n1-c1ccc(F)cc1. The molecule has 2 aliphatic heterocycles. The molecule has 0 spiro atoms. The van der Waals surface area contributed by atoms with Gasteiger partial charge in [0.2, 0.25) is 5.91 Å². The van der Waals surface area contributed by atoms with E-state index in [1.807, 2.05) is 42.7 Å². The van der Waals surface area contributed by atoms with Crippen LogP contribution >= 0.6 is 11.8 Å². The number of aryl methyl sites for hydroxylation is 1. The fourth-order valence-electron chi connectivity index (χ4n) is 4.64. The van der Waals surface area contributed by atoms with Gasteiger partial charge in [-0.2, -0.15) is 0 Å². The molecule has 1 aromatic heterocycles. The molecular weight excluding hydrogens is 465 g/mol. The number of benzene rings is 2. The molecular formula is C27H24FN3O3S. The maximum absolute atomic E-state index is 13.3. The van der Waals surface area contributed by atoms with Gasteiger partial charge in [0.15, 0.2) is 0 Å². The quantitative estimate of drug-likeness (QED) is 0.492. The minimum atomic E-state index is -0.461. The minimum absolute atomic E-state index is 0.238. The third-order valence-electron chi connectivity index (χ3n) is 6.49. The zero-order valence-electron chi connectivity index (χ0n) is 19.5. The second-order valence-electron chi connectivity index (χ2n) is 8.74. The molecule has 0 saturated carbocycles. The first kappa shape index (κ1) is 23.1. The van der Waals surface area contributed by atoms with Crippen molar-refractivity contribution < 1.29 is 18.8 Å². The van der Waals surface area contributed by atoms with Gasteiger partial charge < -0.3 is 9.47 Å². The highest BCUT2D eigenvalue weighted by atomic mass is 32.2. The van der Waals surface area contributed by atoms with Crippen molar-refractivity contribution in [1.82, 2.24) is 14.4 Å². The van der Waals surface area contributed by atoms with Crippen molar-refractivity contribution in [2.75, 3.05) is 13.1 Å². The third-order valence-corrected chi connectivity index (χ3v) is 7.40. The van der Waals surface area contributed by atoms with Gasteiger partial charge in [0.1, 0.15) is 12.4 Å². The number of thioether (sulfide) groups is 1. The van der Waals surface area contributed by atoms with Crippen LogP contribution in [0, 0.1) is 19.7 Å². The lowest BCUT2D eigenvalue weighted by atomic mass is 10.00. The topological polar surface area (TPSA) is 62.6 Å². The Kier molecular flexibility index (Phi) is 6.06. The Labute approximate surface area is 207 Å². The standard InChI is InChI=1S/C27H24FN3O3S/c1-17-13-21(18(2)31(17)23-9-7-22(28)8-10-23)14-24-26(33)30(27(34)35-24)16-25(32)29-12-11-19-5-3-4-6-20(19)15-29/h3-10,13-14H,11-12,15-16H2,1-2H3. The molecule has 178 valence electrons. The zero-order chi connectivity index (χ0) is 24.7. The fourth-order valence-corrected chi connectivity index (χ4v) is 5.47. The summed E-state index contributed by atoms with van der Waals surface area (Å²) >= 11 is 0.844. The lowest BCUT2D eigenvalue weighted by Gasteiger charge is -2.29. The number of hydrogen-bond acceptors (Lipinski definition) is 4. The van der Waals surface area contributed by atoms with E-state index in [1.54, 1.807) is 23.1 Å². The summed E-state index contributed by atoms with van der Waals surface area (Å²) in [6.07, 6.45) is 2.45. The molecule has 3 aromatic rings. The van der Waals surface area contributed by atoms with Crippen LogP contribution in [0.4, 0.5) is 9.18 Å². The van der Waals surface area contributed by atoms with Crippen molar-refractivity contribution in [1.29, 1.82) is 0 Å². The fraction of sp³-hybridized carbons (Fsp3) is 0.222. The number of nitrogens with zero attached hydrogens (tertiary/aromatic N) is 3. The van der Waals surface area contributed by atoms with E-state index in [2.05, 4.69) is 6.07 Å². The van der Waals surface area contributed by atoms with Gasteiger partial charge in [-0.3, -0.25) is 19.3 Å². The molecule has 35 heavy (non-hydrogen) atoms. The average Bonchev–Trinajstić information content (AvgIpc) is 3.28. The Hall–Kier alpha value is -3.65. The number of rotatable bonds is 4. The molecule has 3 amide bonds. The van der Waals surface area contributed by atoms with Crippen LogP contribution in [-0.2, 0) is 22.6 Å². The second-order valence-corrected chi connectivity index (χ2v) is 9.73. The molecule has 1 saturated heterocycles. The highest BCUT2D eigenvalue weighted by Crippen LogP contribution is 2.34. The lowest BCUT2D eigenvalue weighted by Crippen LogP contribution is -2.44. The van der Waals surface area contributed by atoms with Crippen LogP contribution in [0.15, 0.2) is 59.5 Å². The normalized spacial score (nSPS) is 16.8. The predicted octanol–water partition coefficient (Wildman–Crippen LogP) is 4.85. The molecule has 2 aromatic carbocycles. The van der Waals surface area contributed by atoms with E-state index >= 15 is 0 Å². The summed E-state index contributed by atoms with van der Waals surface area (Å²) in [5, 5.41) is -0.445. The number of carbonyl (C=O) groups excluding carboxylic acids is 3. The summed E-state index contributed by atoms with van der Waals surface area (Å²) in [5.74, 6) is -1.01. The zero-order valence-corrected chi connectivity index (χ0v) is 20.3. The van der Waals surface area contributed by atoms with Crippen molar-refractivity contribution in [3.63, 3.8) is 0 Å². The maximum Gasteiger partial charge on any atom is 0.294 e. The predicted molar refractivity (Wildman–Crippen MR) is 133 cm³/mol. The highest BCUT2D eigenvalue weighted by molar-refractivity contribution is 8.18. The Balaban J connectivity index is 1.33. The number of hydrogen-bond donors (Lipinski definition) is 0. The highest BCUT2D eigenvalue weighted by Gasteiger charge is 2.37. The van der Waals surface area contributed by atoms with Gasteiger partial charge in [-0.05, 0) is 85.1 Å². The second kappa shape index (κ2) is 9.19. The summed E-state index contributed by atoms with van der Waals surface area (Å²) < 4.78 is 15.3. The Morgan fingerprint density at radius 2 is 1.77 bits per heavy atom. The van der Waals surface area contributed by atoms with E-state index < -0.39 is 11.1 Å². The number of aromatic nitrogens is 1. The van der Waals surface area contributed by atoms with Crippen molar-refractivity contribution in [3.05, 3.63) is 93.4 Å². The molecule has 6 nitrogen and oxygen atoms in total. The summed E-state index contributed by atoms with van der Waals surface area (Å²) in [4.78, 5) is 41.6. The number of amides is 3. The van der Waals surface area contributed by atoms with Gasteiger partial charge in [-0.25, -0.2) is 4.39 Å². The molecule has 0 unspecified atom stereocenters. The Morgan fingerprint density at radius 1 is 1.06 bits per heavy atom. The van der Waals surface area contributed by atoms with Crippen LogP contribution in [0.2, 0.25) is 0 Å². The van der Waals surface area contributed by atoms with Gasteiger partial charge in [0.25, 0.3) is 11.1 Å². The van der Waals surface area contributed by atoms with Gasteiger partial charge in [-0.15, -0.1) is 0 Å². The molecule has 0 bridgehead atoms. The molecule has 1 fully saturated rings. The van der Waals surface area contributed by atoms with E-state index in [0.717, 1.165) is 51.3 Å². The third kappa shape index (κ3) is 4.41. The molecule has 0 N–H and O–H groups in total. The van der Waals surface area contributed by atoms with Crippen LogP contribution in [-0.4, -0.2) is 44.5 Å². The van der Waals surface area contributed by atoms with E-state index in [0.29, 0.717) is 13.1 Å². The lowest BCUT2D eigenvalue weighted by molar-refractivity contribution is -0.136. The molecule has 0 aliphatic carbocycles. The van der Waals surface area contributed by atoms with Gasteiger partial charge in [0, 0.05) is 30.2 Å². The first-order chi connectivity index (χ1) is 16.8. The molecule has 5 rings (SSSR count). The van der Waals surface area contributed by atoms with Crippen molar-refractivity contribution in [2.45, 2.75) is 26.8 Å². The number of imide groups is 1. The van der Waals surface area contributed by atoms with Crippen molar-refractivity contribution >= 4 is 34.9 Å². The Morgan fingerprint density at radius 3 is 2.51 bits per heavy atom. The summed E-state index contributed by atoms with van der Waals surface area (Å²) in [5.41, 5.74) is 5.70. The number of fused-ring (bicyclic) bond motifs is 1. The van der Waals surface area contributed by atoms with Gasteiger partial charge in [0.05, 0.1) is 4.91 Å². The van der Waals surface area contributed by atoms with Crippen molar-refractivity contribution in [3.8, 4) is 5.69 Å². The van der Waals surface area contributed by atoms with E-state index in [-0.39, 0.29) is 23.2 Å². The van der Waals surface area contributed by atoms with Gasteiger partial charge in [-0.1, -0.05) is 24.3 Å². The maximum atomic E-state index is 13.3. The van der Waals surface area contributed by atoms with Crippen LogP contribution in [0.5, 0.6) is 0 Å². The monoisotopic (exact) mass is 489 g/mol.